The highest BCUT2D eigenvalue weighted by atomic mass is 19.1. The van der Waals surface area contributed by atoms with Gasteiger partial charge < -0.3 is 5.73 Å². The normalized spacial score (nSPS) is 14.1. The van der Waals surface area contributed by atoms with E-state index in [2.05, 4.69) is 27.7 Å². The highest BCUT2D eigenvalue weighted by molar-refractivity contribution is 5.26. The smallest absolute Gasteiger partial charge is 0.123 e. The molecule has 0 aliphatic carbocycles. The minimum absolute atomic E-state index is 0.1000. The first kappa shape index (κ1) is 14.2. The summed E-state index contributed by atoms with van der Waals surface area (Å²) in [5, 5.41) is 0. The average molecular weight is 237 g/mol. The summed E-state index contributed by atoms with van der Waals surface area (Å²) >= 11 is 0. The number of nitrogens with two attached hydrogens (primary N) is 1. The van der Waals surface area contributed by atoms with E-state index in [0.717, 1.165) is 18.4 Å². The lowest BCUT2D eigenvalue weighted by molar-refractivity contribution is 0.282. The predicted octanol–water partition coefficient (Wildman–Crippen LogP) is 3.87. The van der Waals surface area contributed by atoms with Crippen molar-refractivity contribution in [2.45, 2.75) is 52.0 Å². The maximum absolute atomic E-state index is 12.9. The molecule has 96 valence electrons. The molecule has 1 unspecified atom stereocenters. The Morgan fingerprint density at radius 3 is 2.00 bits per heavy atom. The number of hydrogen-bond donors (Lipinski definition) is 1. The second-order valence-corrected chi connectivity index (χ2v) is 5.33. The van der Waals surface area contributed by atoms with Gasteiger partial charge in [-0.25, -0.2) is 4.39 Å². The molecular weight excluding hydrogens is 213 g/mol. The summed E-state index contributed by atoms with van der Waals surface area (Å²) in [6.45, 7) is 8.63. The van der Waals surface area contributed by atoms with Gasteiger partial charge in [-0.15, -0.1) is 0 Å². The second-order valence-electron chi connectivity index (χ2n) is 5.33. The monoisotopic (exact) mass is 237 g/mol. The Morgan fingerprint density at radius 1 is 1.12 bits per heavy atom. The predicted molar refractivity (Wildman–Crippen MR) is 71.5 cm³/mol. The molecule has 0 bridgehead atoms. The fraction of sp³-hybridized carbons (Fsp3) is 0.600. The molecule has 1 atom stereocenters. The molecule has 1 aromatic carbocycles. The summed E-state index contributed by atoms with van der Waals surface area (Å²) in [6, 6.07) is 6.81. The van der Waals surface area contributed by atoms with Gasteiger partial charge in [-0.2, -0.15) is 0 Å². The molecule has 0 saturated heterocycles. The Balaban J connectivity index is 2.96. The standard InChI is InChI=1S/C15H24FN/c1-5-11(6-2)14(17)15(3,4)12-7-9-13(16)10-8-12/h7-11,14H,5-6,17H2,1-4H3. The van der Waals surface area contributed by atoms with Gasteiger partial charge in [0.2, 0.25) is 0 Å². The first-order valence-corrected chi connectivity index (χ1v) is 6.45. The summed E-state index contributed by atoms with van der Waals surface area (Å²) in [5.74, 6) is 0.315. The second kappa shape index (κ2) is 5.63. The van der Waals surface area contributed by atoms with Crippen LogP contribution in [0.25, 0.3) is 0 Å². The Bertz CT molecular complexity index is 338. The van der Waals surface area contributed by atoms with Crippen LogP contribution < -0.4 is 5.73 Å². The van der Waals surface area contributed by atoms with E-state index < -0.39 is 0 Å². The molecule has 0 spiro atoms. The molecular formula is C15H24FN. The Hall–Kier alpha value is -0.890. The van der Waals surface area contributed by atoms with Crippen molar-refractivity contribution in [2.24, 2.45) is 11.7 Å². The fourth-order valence-electron chi connectivity index (χ4n) is 2.46. The first-order valence-electron chi connectivity index (χ1n) is 6.45. The molecule has 0 amide bonds. The highest BCUT2D eigenvalue weighted by Crippen LogP contribution is 2.32. The average Bonchev–Trinajstić information content (AvgIpc) is 2.31. The SMILES string of the molecule is CCC(CC)C(N)C(C)(C)c1ccc(F)cc1. The summed E-state index contributed by atoms with van der Waals surface area (Å²) in [5.41, 5.74) is 7.38. The number of hydrogen-bond acceptors (Lipinski definition) is 1. The molecule has 0 heterocycles. The largest absolute Gasteiger partial charge is 0.327 e. The van der Waals surface area contributed by atoms with Gasteiger partial charge in [0.05, 0.1) is 0 Å². The molecule has 1 aromatic rings. The van der Waals surface area contributed by atoms with Crippen LogP contribution in [-0.4, -0.2) is 6.04 Å². The first-order chi connectivity index (χ1) is 7.93. The molecule has 0 aliphatic heterocycles. The van der Waals surface area contributed by atoms with Gasteiger partial charge in [-0.3, -0.25) is 0 Å². The summed E-state index contributed by atoms with van der Waals surface area (Å²) in [6.07, 6.45) is 2.17. The lowest BCUT2D eigenvalue weighted by atomic mass is 9.71. The van der Waals surface area contributed by atoms with Gasteiger partial charge in [0.1, 0.15) is 5.82 Å². The summed E-state index contributed by atoms with van der Waals surface area (Å²) in [7, 11) is 0. The minimum atomic E-state index is -0.194. The van der Waals surface area contributed by atoms with E-state index in [1.54, 1.807) is 0 Å². The van der Waals surface area contributed by atoms with Crippen LogP contribution in [0.15, 0.2) is 24.3 Å². The fourth-order valence-corrected chi connectivity index (χ4v) is 2.46. The lowest BCUT2D eigenvalue weighted by Crippen LogP contribution is -2.46. The highest BCUT2D eigenvalue weighted by Gasteiger charge is 2.32. The maximum atomic E-state index is 12.9. The van der Waals surface area contributed by atoms with E-state index in [0.29, 0.717) is 5.92 Å². The van der Waals surface area contributed by atoms with Crippen LogP contribution in [0.2, 0.25) is 0 Å². The van der Waals surface area contributed by atoms with Crippen LogP contribution in [0.1, 0.15) is 46.1 Å². The minimum Gasteiger partial charge on any atom is -0.327 e. The summed E-state index contributed by atoms with van der Waals surface area (Å²) in [4.78, 5) is 0. The van der Waals surface area contributed by atoms with Crippen molar-refractivity contribution < 1.29 is 4.39 Å². The van der Waals surface area contributed by atoms with Crippen molar-refractivity contribution >= 4 is 0 Å². The summed E-state index contributed by atoms with van der Waals surface area (Å²) < 4.78 is 12.9. The van der Waals surface area contributed by atoms with Crippen LogP contribution in [0.3, 0.4) is 0 Å². The number of halogens is 1. The van der Waals surface area contributed by atoms with Crippen molar-refractivity contribution in [1.29, 1.82) is 0 Å². The third-order valence-corrected chi connectivity index (χ3v) is 3.98. The van der Waals surface area contributed by atoms with Crippen molar-refractivity contribution in [3.05, 3.63) is 35.6 Å². The van der Waals surface area contributed by atoms with Gasteiger partial charge >= 0.3 is 0 Å². The van der Waals surface area contributed by atoms with E-state index in [-0.39, 0.29) is 17.3 Å². The maximum Gasteiger partial charge on any atom is 0.123 e. The van der Waals surface area contributed by atoms with Crippen LogP contribution >= 0.6 is 0 Å². The van der Waals surface area contributed by atoms with Crippen LogP contribution in [0.4, 0.5) is 4.39 Å². The molecule has 0 fully saturated rings. The zero-order valence-corrected chi connectivity index (χ0v) is 11.3. The molecule has 0 radical (unpaired) electrons. The Kier molecular flexibility index (Phi) is 4.70. The van der Waals surface area contributed by atoms with Crippen molar-refractivity contribution in [2.75, 3.05) is 0 Å². The lowest BCUT2D eigenvalue weighted by Gasteiger charge is -2.37. The van der Waals surface area contributed by atoms with Crippen LogP contribution in [0, 0.1) is 11.7 Å². The van der Waals surface area contributed by atoms with Crippen LogP contribution in [-0.2, 0) is 5.41 Å². The molecule has 0 saturated carbocycles. The molecule has 1 rings (SSSR count). The number of rotatable bonds is 5. The van der Waals surface area contributed by atoms with E-state index in [9.17, 15) is 4.39 Å². The third kappa shape index (κ3) is 3.06. The van der Waals surface area contributed by atoms with Gasteiger partial charge in [-0.1, -0.05) is 52.7 Å². The Labute approximate surface area is 104 Å². The van der Waals surface area contributed by atoms with Crippen molar-refractivity contribution in [1.82, 2.24) is 0 Å². The van der Waals surface area contributed by atoms with Gasteiger partial charge in [0.25, 0.3) is 0 Å². The zero-order chi connectivity index (χ0) is 13.1. The topological polar surface area (TPSA) is 26.0 Å². The molecule has 2 heteroatoms. The number of benzene rings is 1. The van der Waals surface area contributed by atoms with E-state index in [1.807, 2.05) is 12.1 Å². The van der Waals surface area contributed by atoms with Gasteiger partial charge in [-0.05, 0) is 23.6 Å². The van der Waals surface area contributed by atoms with E-state index >= 15 is 0 Å². The van der Waals surface area contributed by atoms with Gasteiger partial charge in [0, 0.05) is 11.5 Å². The third-order valence-electron chi connectivity index (χ3n) is 3.98. The van der Waals surface area contributed by atoms with E-state index in [4.69, 9.17) is 5.73 Å². The Morgan fingerprint density at radius 2 is 1.59 bits per heavy atom. The molecule has 17 heavy (non-hydrogen) atoms. The quantitative estimate of drug-likeness (QED) is 0.826. The van der Waals surface area contributed by atoms with Crippen molar-refractivity contribution in [3.8, 4) is 0 Å². The molecule has 1 nitrogen and oxygen atoms in total. The van der Waals surface area contributed by atoms with Crippen LogP contribution in [0.5, 0.6) is 0 Å². The molecule has 0 aliphatic rings. The van der Waals surface area contributed by atoms with E-state index in [1.165, 1.54) is 12.1 Å². The van der Waals surface area contributed by atoms with Crippen molar-refractivity contribution in [3.63, 3.8) is 0 Å². The molecule has 2 N–H and O–H groups in total. The zero-order valence-electron chi connectivity index (χ0n) is 11.3. The molecule has 0 aromatic heterocycles. The van der Waals surface area contributed by atoms with Gasteiger partial charge in [0.15, 0.2) is 0 Å².